The number of nitrogens with one attached hydrogen (secondary N) is 2. The molecule has 1 saturated heterocycles. The SMILES string of the molecule is CCCC1(C(=O)Nc2cc(F)c(F)c(F)c2)CCNC1. The highest BCUT2D eigenvalue weighted by Gasteiger charge is 2.40. The van der Waals surface area contributed by atoms with E-state index in [9.17, 15) is 18.0 Å². The van der Waals surface area contributed by atoms with Gasteiger partial charge in [0.15, 0.2) is 17.5 Å². The van der Waals surface area contributed by atoms with Crippen LogP contribution in [0.25, 0.3) is 0 Å². The van der Waals surface area contributed by atoms with Gasteiger partial charge in [0.1, 0.15) is 0 Å². The van der Waals surface area contributed by atoms with E-state index in [-0.39, 0.29) is 11.6 Å². The zero-order chi connectivity index (χ0) is 14.8. The van der Waals surface area contributed by atoms with Gasteiger partial charge in [0.2, 0.25) is 5.91 Å². The first-order chi connectivity index (χ1) is 9.48. The van der Waals surface area contributed by atoms with Crippen molar-refractivity contribution in [3.63, 3.8) is 0 Å². The van der Waals surface area contributed by atoms with E-state index < -0.39 is 22.9 Å². The number of amides is 1. The predicted octanol–water partition coefficient (Wildman–Crippen LogP) is 2.82. The lowest BCUT2D eigenvalue weighted by Crippen LogP contribution is -2.38. The molecule has 6 heteroatoms. The van der Waals surface area contributed by atoms with Gasteiger partial charge in [-0.15, -0.1) is 0 Å². The molecule has 0 aliphatic carbocycles. The highest BCUT2D eigenvalue weighted by Crippen LogP contribution is 2.32. The van der Waals surface area contributed by atoms with E-state index in [0.717, 1.165) is 25.1 Å². The molecule has 0 radical (unpaired) electrons. The number of anilines is 1. The molecule has 1 aromatic carbocycles. The molecule has 1 unspecified atom stereocenters. The standard InChI is InChI=1S/C14H17F3N2O/c1-2-3-14(4-5-18-8-14)13(20)19-9-6-10(15)12(17)11(16)7-9/h6-7,18H,2-5,8H2,1H3,(H,19,20). The molecule has 1 heterocycles. The molecule has 1 aromatic rings. The van der Waals surface area contributed by atoms with Crippen LogP contribution in [0.5, 0.6) is 0 Å². The zero-order valence-electron chi connectivity index (χ0n) is 11.2. The Labute approximate surface area is 115 Å². The lowest BCUT2D eigenvalue weighted by molar-refractivity contribution is -0.125. The van der Waals surface area contributed by atoms with Crippen molar-refractivity contribution in [2.75, 3.05) is 18.4 Å². The molecule has 1 amide bonds. The number of rotatable bonds is 4. The van der Waals surface area contributed by atoms with E-state index in [1.54, 1.807) is 0 Å². The molecule has 2 rings (SSSR count). The van der Waals surface area contributed by atoms with Crippen LogP contribution >= 0.6 is 0 Å². The Kier molecular flexibility index (Phi) is 4.32. The summed E-state index contributed by atoms with van der Waals surface area (Å²) in [5.41, 5.74) is -0.621. The normalized spacial score (nSPS) is 22.0. The van der Waals surface area contributed by atoms with Gasteiger partial charge < -0.3 is 10.6 Å². The van der Waals surface area contributed by atoms with E-state index in [1.807, 2.05) is 6.92 Å². The molecular weight excluding hydrogens is 269 g/mol. The van der Waals surface area contributed by atoms with E-state index in [1.165, 1.54) is 0 Å². The van der Waals surface area contributed by atoms with Gasteiger partial charge in [0.05, 0.1) is 5.41 Å². The fourth-order valence-electron chi connectivity index (χ4n) is 2.63. The van der Waals surface area contributed by atoms with Crippen molar-refractivity contribution in [2.45, 2.75) is 26.2 Å². The number of carbonyl (C=O) groups is 1. The molecule has 1 fully saturated rings. The molecule has 0 aromatic heterocycles. The first-order valence-electron chi connectivity index (χ1n) is 6.65. The second-order valence-electron chi connectivity index (χ2n) is 5.17. The molecule has 1 atom stereocenters. The number of hydrogen-bond donors (Lipinski definition) is 2. The minimum absolute atomic E-state index is 0.0613. The van der Waals surface area contributed by atoms with E-state index in [0.29, 0.717) is 19.4 Å². The summed E-state index contributed by atoms with van der Waals surface area (Å²) in [6.45, 7) is 3.25. The Hall–Kier alpha value is -1.56. The molecule has 1 aliphatic rings. The van der Waals surface area contributed by atoms with Gasteiger partial charge in [0, 0.05) is 24.4 Å². The second-order valence-corrected chi connectivity index (χ2v) is 5.17. The van der Waals surface area contributed by atoms with Crippen LogP contribution in [0.15, 0.2) is 12.1 Å². The highest BCUT2D eigenvalue weighted by molar-refractivity contribution is 5.95. The maximum Gasteiger partial charge on any atom is 0.231 e. The van der Waals surface area contributed by atoms with Crippen LogP contribution in [-0.2, 0) is 4.79 Å². The van der Waals surface area contributed by atoms with Gasteiger partial charge in [-0.1, -0.05) is 13.3 Å². The van der Waals surface area contributed by atoms with Crippen LogP contribution in [0.2, 0.25) is 0 Å². The molecule has 0 spiro atoms. The monoisotopic (exact) mass is 286 g/mol. The fraction of sp³-hybridized carbons (Fsp3) is 0.500. The highest BCUT2D eigenvalue weighted by atomic mass is 19.2. The van der Waals surface area contributed by atoms with Gasteiger partial charge in [-0.25, -0.2) is 13.2 Å². The van der Waals surface area contributed by atoms with E-state index in [4.69, 9.17) is 0 Å². The largest absolute Gasteiger partial charge is 0.325 e. The quantitative estimate of drug-likeness (QED) is 0.836. The van der Waals surface area contributed by atoms with Crippen LogP contribution in [0.4, 0.5) is 18.9 Å². The third-order valence-corrected chi connectivity index (χ3v) is 3.70. The Bertz CT molecular complexity index is 490. The van der Waals surface area contributed by atoms with Crippen LogP contribution in [0.3, 0.4) is 0 Å². The first kappa shape index (κ1) is 14.8. The van der Waals surface area contributed by atoms with Crippen molar-refractivity contribution in [1.29, 1.82) is 0 Å². The molecular formula is C14H17F3N2O. The molecule has 0 saturated carbocycles. The van der Waals surface area contributed by atoms with Crippen LogP contribution in [0, 0.1) is 22.9 Å². The average molecular weight is 286 g/mol. The Morgan fingerprint density at radius 2 is 2.00 bits per heavy atom. The van der Waals surface area contributed by atoms with Gasteiger partial charge in [-0.2, -0.15) is 0 Å². The number of halogens is 3. The van der Waals surface area contributed by atoms with Crippen LogP contribution in [0.1, 0.15) is 26.2 Å². The van der Waals surface area contributed by atoms with Gasteiger partial charge in [0.25, 0.3) is 0 Å². The number of carbonyl (C=O) groups excluding carboxylic acids is 1. The lowest BCUT2D eigenvalue weighted by atomic mass is 9.81. The Morgan fingerprint density at radius 3 is 2.50 bits per heavy atom. The molecule has 1 aliphatic heterocycles. The minimum Gasteiger partial charge on any atom is -0.325 e. The van der Waals surface area contributed by atoms with Crippen molar-refractivity contribution >= 4 is 11.6 Å². The molecule has 110 valence electrons. The number of hydrogen-bond acceptors (Lipinski definition) is 2. The Balaban J connectivity index is 2.18. The van der Waals surface area contributed by atoms with Crippen LogP contribution in [-0.4, -0.2) is 19.0 Å². The fourth-order valence-corrected chi connectivity index (χ4v) is 2.63. The molecule has 2 N–H and O–H groups in total. The summed E-state index contributed by atoms with van der Waals surface area (Å²) in [6.07, 6.45) is 2.21. The number of benzene rings is 1. The topological polar surface area (TPSA) is 41.1 Å². The van der Waals surface area contributed by atoms with Crippen molar-refractivity contribution < 1.29 is 18.0 Å². The maximum absolute atomic E-state index is 13.1. The Morgan fingerprint density at radius 1 is 1.35 bits per heavy atom. The second kappa shape index (κ2) is 5.83. The molecule has 0 bridgehead atoms. The summed E-state index contributed by atoms with van der Waals surface area (Å²) in [5, 5.41) is 5.62. The molecule has 3 nitrogen and oxygen atoms in total. The van der Waals surface area contributed by atoms with Gasteiger partial charge in [-0.3, -0.25) is 4.79 Å². The summed E-state index contributed by atoms with van der Waals surface area (Å²) in [4.78, 5) is 12.3. The van der Waals surface area contributed by atoms with Crippen molar-refractivity contribution in [1.82, 2.24) is 5.32 Å². The summed E-state index contributed by atoms with van der Waals surface area (Å²) in [5.74, 6) is -4.44. The summed E-state index contributed by atoms with van der Waals surface area (Å²) < 4.78 is 39.1. The van der Waals surface area contributed by atoms with E-state index >= 15 is 0 Å². The summed E-state index contributed by atoms with van der Waals surface area (Å²) in [6, 6.07) is 1.58. The van der Waals surface area contributed by atoms with Crippen molar-refractivity contribution in [3.8, 4) is 0 Å². The average Bonchev–Trinajstić information content (AvgIpc) is 2.86. The summed E-state index contributed by atoms with van der Waals surface area (Å²) in [7, 11) is 0. The third-order valence-electron chi connectivity index (χ3n) is 3.70. The van der Waals surface area contributed by atoms with Gasteiger partial charge in [-0.05, 0) is 19.4 Å². The predicted molar refractivity (Wildman–Crippen MR) is 69.8 cm³/mol. The lowest BCUT2D eigenvalue weighted by Gasteiger charge is -2.26. The smallest absolute Gasteiger partial charge is 0.231 e. The van der Waals surface area contributed by atoms with Gasteiger partial charge >= 0.3 is 0 Å². The van der Waals surface area contributed by atoms with Crippen LogP contribution < -0.4 is 10.6 Å². The zero-order valence-corrected chi connectivity index (χ0v) is 11.2. The van der Waals surface area contributed by atoms with E-state index in [2.05, 4.69) is 10.6 Å². The molecule has 20 heavy (non-hydrogen) atoms. The van der Waals surface area contributed by atoms with Crippen molar-refractivity contribution in [2.24, 2.45) is 5.41 Å². The minimum atomic E-state index is -1.53. The summed E-state index contributed by atoms with van der Waals surface area (Å²) >= 11 is 0. The third kappa shape index (κ3) is 2.80. The first-order valence-corrected chi connectivity index (χ1v) is 6.65. The van der Waals surface area contributed by atoms with Crippen molar-refractivity contribution in [3.05, 3.63) is 29.6 Å². The maximum atomic E-state index is 13.1.